The van der Waals surface area contributed by atoms with Crippen LogP contribution in [0.2, 0.25) is 0 Å². The molecule has 0 saturated carbocycles. The molecular formula is C21H22N2O4S2. The van der Waals surface area contributed by atoms with Crippen LogP contribution in [0.1, 0.15) is 29.0 Å². The molecule has 0 aliphatic rings. The number of methoxy groups -OCH3 is 1. The summed E-state index contributed by atoms with van der Waals surface area (Å²) in [5.74, 6) is 0.0643. The molecule has 1 aromatic heterocycles. The van der Waals surface area contributed by atoms with E-state index >= 15 is 0 Å². The lowest BCUT2D eigenvalue weighted by molar-refractivity contribution is -0.114. The van der Waals surface area contributed by atoms with E-state index in [1.807, 2.05) is 48.7 Å². The quantitative estimate of drug-likeness (QED) is 0.591. The first-order valence-corrected chi connectivity index (χ1v) is 11.2. The zero-order valence-electron chi connectivity index (χ0n) is 16.3. The van der Waals surface area contributed by atoms with E-state index in [0.29, 0.717) is 11.4 Å². The highest BCUT2D eigenvalue weighted by Crippen LogP contribution is 2.31. The molecule has 3 rings (SSSR count). The number of carbonyl (C=O) groups is 1. The Kier molecular flexibility index (Phi) is 6.36. The Labute approximate surface area is 174 Å². The van der Waals surface area contributed by atoms with Crippen LogP contribution in [-0.2, 0) is 14.8 Å². The van der Waals surface area contributed by atoms with E-state index in [4.69, 9.17) is 4.74 Å². The third kappa shape index (κ3) is 5.03. The van der Waals surface area contributed by atoms with Crippen LogP contribution in [0.5, 0.6) is 5.75 Å². The molecule has 0 aliphatic heterocycles. The average molecular weight is 431 g/mol. The van der Waals surface area contributed by atoms with Crippen molar-refractivity contribution in [2.45, 2.75) is 24.8 Å². The molecule has 1 amide bonds. The van der Waals surface area contributed by atoms with Gasteiger partial charge in [0.15, 0.2) is 0 Å². The summed E-state index contributed by atoms with van der Waals surface area (Å²) in [5, 5.41) is 4.51. The van der Waals surface area contributed by atoms with Crippen molar-refractivity contribution in [3.63, 3.8) is 0 Å². The lowest BCUT2D eigenvalue weighted by atomic mass is 10.0. The van der Waals surface area contributed by atoms with Gasteiger partial charge in [-0.05, 0) is 42.1 Å². The van der Waals surface area contributed by atoms with Gasteiger partial charge >= 0.3 is 0 Å². The second kappa shape index (κ2) is 8.77. The number of amides is 1. The summed E-state index contributed by atoms with van der Waals surface area (Å²) in [6, 6.07) is 15.4. The van der Waals surface area contributed by atoms with Crippen LogP contribution in [0.3, 0.4) is 0 Å². The van der Waals surface area contributed by atoms with Gasteiger partial charge in [-0.25, -0.2) is 8.42 Å². The van der Waals surface area contributed by atoms with E-state index in [2.05, 4.69) is 10.0 Å². The first-order valence-electron chi connectivity index (χ1n) is 8.88. The molecule has 8 heteroatoms. The van der Waals surface area contributed by atoms with Crippen molar-refractivity contribution in [3.05, 3.63) is 76.0 Å². The number of ether oxygens (including phenoxy) is 1. The lowest BCUT2D eigenvalue weighted by Gasteiger charge is -2.19. The van der Waals surface area contributed by atoms with Gasteiger partial charge < -0.3 is 10.1 Å². The lowest BCUT2D eigenvalue weighted by Crippen LogP contribution is -2.29. The van der Waals surface area contributed by atoms with Gasteiger partial charge in [-0.1, -0.05) is 35.9 Å². The maximum Gasteiger partial charge on any atom is 0.241 e. The summed E-state index contributed by atoms with van der Waals surface area (Å²) in [4.78, 5) is 12.4. The zero-order valence-corrected chi connectivity index (χ0v) is 17.9. The molecule has 2 aromatic carbocycles. The molecule has 0 radical (unpaired) electrons. The van der Waals surface area contributed by atoms with Gasteiger partial charge in [0.1, 0.15) is 5.75 Å². The molecule has 152 valence electrons. The van der Waals surface area contributed by atoms with Crippen LogP contribution in [-0.4, -0.2) is 21.4 Å². The Morgan fingerprint density at radius 3 is 2.41 bits per heavy atom. The molecule has 0 spiro atoms. The van der Waals surface area contributed by atoms with E-state index < -0.39 is 16.1 Å². The number of sulfonamides is 1. The fraction of sp³-hybridized carbons (Fsp3) is 0.190. The van der Waals surface area contributed by atoms with Crippen LogP contribution >= 0.6 is 11.3 Å². The van der Waals surface area contributed by atoms with Crippen LogP contribution in [0, 0.1) is 6.92 Å². The number of benzene rings is 2. The molecule has 2 N–H and O–H groups in total. The summed E-state index contributed by atoms with van der Waals surface area (Å²) in [6.45, 7) is 3.33. The smallest absolute Gasteiger partial charge is 0.241 e. The van der Waals surface area contributed by atoms with Crippen molar-refractivity contribution in [1.82, 2.24) is 4.72 Å². The van der Waals surface area contributed by atoms with E-state index in [-0.39, 0.29) is 10.8 Å². The second-order valence-electron chi connectivity index (χ2n) is 6.52. The predicted octanol–water partition coefficient (Wildman–Crippen LogP) is 4.09. The van der Waals surface area contributed by atoms with Gasteiger partial charge in [0.05, 0.1) is 23.7 Å². The second-order valence-corrected chi connectivity index (χ2v) is 9.22. The zero-order chi connectivity index (χ0) is 21.0. The minimum atomic E-state index is -3.88. The molecule has 3 aromatic rings. The van der Waals surface area contributed by atoms with Crippen molar-refractivity contribution < 1.29 is 17.9 Å². The Hall–Kier alpha value is -2.68. The highest BCUT2D eigenvalue weighted by Gasteiger charge is 2.24. The normalized spacial score (nSPS) is 12.4. The number of nitrogens with one attached hydrogen (secondary N) is 2. The maximum atomic E-state index is 13.2. The molecule has 0 aliphatic carbocycles. The number of hydrogen-bond acceptors (Lipinski definition) is 5. The Morgan fingerprint density at radius 2 is 1.83 bits per heavy atom. The molecule has 29 heavy (non-hydrogen) atoms. The Bertz CT molecular complexity index is 1090. The highest BCUT2D eigenvalue weighted by atomic mass is 32.2. The number of thiophene rings is 1. The fourth-order valence-corrected chi connectivity index (χ4v) is 4.98. The number of hydrogen-bond donors (Lipinski definition) is 2. The van der Waals surface area contributed by atoms with Crippen molar-refractivity contribution >= 4 is 33.0 Å². The van der Waals surface area contributed by atoms with Gasteiger partial charge in [0.2, 0.25) is 15.9 Å². The number of rotatable bonds is 7. The third-order valence-electron chi connectivity index (χ3n) is 4.30. The van der Waals surface area contributed by atoms with E-state index in [1.54, 1.807) is 0 Å². The number of carbonyl (C=O) groups excluding carboxylic acids is 1. The summed E-state index contributed by atoms with van der Waals surface area (Å²) in [6.07, 6.45) is 0. The van der Waals surface area contributed by atoms with Crippen molar-refractivity contribution in [2.24, 2.45) is 0 Å². The van der Waals surface area contributed by atoms with Crippen molar-refractivity contribution in [3.8, 4) is 5.75 Å². The van der Waals surface area contributed by atoms with E-state index in [9.17, 15) is 13.2 Å². The van der Waals surface area contributed by atoms with Gasteiger partial charge in [0.25, 0.3) is 0 Å². The molecule has 0 fully saturated rings. The third-order valence-corrected chi connectivity index (χ3v) is 6.66. The summed E-state index contributed by atoms with van der Waals surface area (Å²) in [5.41, 5.74) is 2.24. The predicted molar refractivity (Wildman–Crippen MR) is 115 cm³/mol. The fourth-order valence-electron chi connectivity index (χ4n) is 2.87. The maximum absolute atomic E-state index is 13.2. The summed E-state index contributed by atoms with van der Waals surface area (Å²) < 4.78 is 34.3. The molecular weight excluding hydrogens is 408 g/mol. The molecule has 1 heterocycles. The van der Waals surface area contributed by atoms with Crippen LogP contribution in [0.15, 0.2) is 64.9 Å². The van der Waals surface area contributed by atoms with Gasteiger partial charge in [0, 0.05) is 11.8 Å². The molecule has 1 atom stereocenters. The Morgan fingerprint density at radius 1 is 1.10 bits per heavy atom. The highest BCUT2D eigenvalue weighted by molar-refractivity contribution is 7.89. The van der Waals surface area contributed by atoms with Crippen LogP contribution in [0.4, 0.5) is 5.69 Å². The van der Waals surface area contributed by atoms with Crippen molar-refractivity contribution in [1.29, 1.82) is 0 Å². The molecule has 6 nitrogen and oxygen atoms in total. The van der Waals surface area contributed by atoms with Crippen LogP contribution < -0.4 is 14.8 Å². The topological polar surface area (TPSA) is 84.5 Å². The first kappa shape index (κ1) is 21.0. The molecule has 0 saturated heterocycles. The largest absolute Gasteiger partial charge is 0.495 e. The van der Waals surface area contributed by atoms with Crippen LogP contribution in [0.25, 0.3) is 0 Å². The average Bonchev–Trinajstić information content (AvgIpc) is 3.21. The standard InChI is InChI=1S/C21H22N2O4S2/c1-14-6-8-16(9-7-14)21(20-5-4-12-28-20)23-29(25,26)17-10-11-19(27-3)18(13-17)22-15(2)24/h4-13,21,23H,1-3H3,(H,22,24)/t21-/m0/s1. The minimum Gasteiger partial charge on any atom is -0.495 e. The summed E-state index contributed by atoms with van der Waals surface area (Å²) >= 11 is 1.48. The number of anilines is 1. The van der Waals surface area contributed by atoms with Gasteiger partial charge in [-0.2, -0.15) is 4.72 Å². The molecule has 0 bridgehead atoms. The minimum absolute atomic E-state index is 0.0377. The van der Waals surface area contributed by atoms with Gasteiger partial charge in [-0.15, -0.1) is 11.3 Å². The Balaban J connectivity index is 1.99. The first-order chi connectivity index (χ1) is 13.8. The summed E-state index contributed by atoms with van der Waals surface area (Å²) in [7, 11) is -2.42. The van der Waals surface area contributed by atoms with E-state index in [0.717, 1.165) is 16.0 Å². The number of aryl methyl sites for hydroxylation is 1. The van der Waals surface area contributed by atoms with E-state index in [1.165, 1.54) is 43.6 Å². The SMILES string of the molecule is COc1ccc(S(=O)(=O)N[C@@H](c2ccc(C)cc2)c2cccs2)cc1NC(C)=O. The monoisotopic (exact) mass is 430 g/mol. The van der Waals surface area contributed by atoms with Crippen molar-refractivity contribution in [2.75, 3.05) is 12.4 Å². The van der Waals surface area contributed by atoms with Gasteiger partial charge in [-0.3, -0.25) is 4.79 Å². The molecule has 0 unspecified atom stereocenters.